The molecule has 2 rings (SSSR count). The third-order valence-corrected chi connectivity index (χ3v) is 3.15. The van der Waals surface area contributed by atoms with Crippen molar-refractivity contribution in [3.05, 3.63) is 29.3 Å². The van der Waals surface area contributed by atoms with Crippen LogP contribution in [-0.2, 0) is 0 Å². The average molecular weight is 256 g/mol. The van der Waals surface area contributed by atoms with E-state index in [1.807, 2.05) is 0 Å². The molecule has 0 aliphatic carbocycles. The van der Waals surface area contributed by atoms with E-state index >= 15 is 0 Å². The fourth-order valence-corrected chi connectivity index (χ4v) is 2.08. The smallest absolute Gasteiger partial charge is 0.256 e. The van der Waals surface area contributed by atoms with Crippen molar-refractivity contribution in [2.45, 2.75) is 6.42 Å². The molecular weight excluding hydrogens is 242 g/mol. The maximum atomic E-state index is 13.1. The minimum atomic E-state index is -1.09. The maximum absolute atomic E-state index is 13.1. The lowest BCUT2D eigenvalue weighted by atomic mass is 10.1. The molecule has 0 radical (unpaired) electrons. The molecule has 1 aromatic rings. The highest BCUT2D eigenvalue weighted by Crippen LogP contribution is 2.23. The number of carbonyl (C=O) groups excluding carboxylic acids is 1. The van der Waals surface area contributed by atoms with Gasteiger partial charge in [-0.1, -0.05) is 0 Å². The molecule has 1 fully saturated rings. The highest BCUT2D eigenvalue weighted by atomic mass is 19.2. The molecule has 1 amide bonds. The number of anilines is 1. The van der Waals surface area contributed by atoms with Gasteiger partial charge in [0.15, 0.2) is 11.6 Å². The second-order valence-electron chi connectivity index (χ2n) is 4.44. The van der Waals surface area contributed by atoms with Crippen molar-refractivity contribution in [2.75, 3.05) is 25.4 Å². The molecule has 98 valence electrons. The minimum absolute atomic E-state index is 0.0110. The van der Waals surface area contributed by atoms with Crippen LogP contribution in [0.3, 0.4) is 0 Å². The van der Waals surface area contributed by atoms with E-state index in [1.165, 1.54) is 4.90 Å². The zero-order valence-electron chi connectivity index (χ0n) is 9.70. The van der Waals surface area contributed by atoms with E-state index in [1.54, 1.807) is 0 Å². The van der Waals surface area contributed by atoms with E-state index in [-0.39, 0.29) is 23.8 Å². The molecule has 0 bridgehead atoms. The first-order chi connectivity index (χ1) is 8.52. The molecule has 1 aromatic carbocycles. The van der Waals surface area contributed by atoms with Gasteiger partial charge in [0.2, 0.25) is 0 Å². The molecule has 1 heterocycles. The number of aliphatic hydroxyl groups excluding tert-OH is 1. The van der Waals surface area contributed by atoms with Gasteiger partial charge in [-0.25, -0.2) is 8.78 Å². The van der Waals surface area contributed by atoms with Gasteiger partial charge in [0.1, 0.15) is 0 Å². The summed E-state index contributed by atoms with van der Waals surface area (Å²) in [7, 11) is 0. The fraction of sp³-hybridized carbons (Fsp3) is 0.417. The van der Waals surface area contributed by atoms with E-state index in [0.717, 1.165) is 12.1 Å². The third-order valence-electron chi connectivity index (χ3n) is 3.15. The molecule has 6 heteroatoms. The summed E-state index contributed by atoms with van der Waals surface area (Å²) in [5, 5.41) is 9.00. The molecular formula is C12H14F2N2O2. The van der Waals surface area contributed by atoms with Crippen molar-refractivity contribution in [1.29, 1.82) is 0 Å². The fourth-order valence-electron chi connectivity index (χ4n) is 2.08. The largest absolute Gasteiger partial charge is 0.398 e. The molecule has 18 heavy (non-hydrogen) atoms. The Morgan fingerprint density at radius 3 is 2.72 bits per heavy atom. The predicted molar refractivity (Wildman–Crippen MR) is 61.9 cm³/mol. The second kappa shape index (κ2) is 4.89. The monoisotopic (exact) mass is 256 g/mol. The molecule has 1 aliphatic rings. The molecule has 1 atom stereocenters. The first-order valence-corrected chi connectivity index (χ1v) is 5.67. The van der Waals surface area contributed by atoms with Gasteiger partial charge >= 0.3 is 0 Å². The van der Waals surface area contributed by atoms with Crippen LogP contribution in [0.1, 0.15) is 16.8 Å². The number of benzene rings is 1. The summed E-state index contributed by atoms with van der Waals surface area (Å²) in [6.45, 7) is 0.910. The standard InChI is InChI=1S/C12H14F2N2O2/c13-9-3-8(11(15)4-10(9)14)12(18)16-2-1-7(5-16)6-17/h3-4,7,17H,1-2,5-6,15H2. The normalized spacial score (nSPS) is 19.3. The van der Waals surface area contributed by atoms with Crippen LogP contribution >= 0.6 is 0 Å². The molecule has 0 spiro atoms. The van der Waals surface area contributed by atoms with E-state index in [9.17, 15) is 13.6 Å². The SMILES string of the molecule is Nc1cc(F)c(F)cc1C(=O)N1CCC(CO)C1. The summed E-state index contributed by atoms with van der Waals surface area (Å²) >= 11 is 0. The summed E-state index contributed by atoms with van der Waals surface area (Å²) in [5.74, 6) is -2.55. The zero-order valence-corrected chi connectivity index (χ0v) is 9.70. The highest BCUT2D eigenvalue weighted by Gasteiger charge is 2.28. The Morgan fingerprint density at radius 2 is 2.11 bits per heavy atom. The second-order valence-corrected chi connectivity index (χ2v) is 4.44. The van der Waals surface area contributed by atoms with Crippen molar-refractivity contribution in [2.24, 2.45) is 5.92 Å². The topological polar surface area (TPSA) is 66.6 Å². The van der Waals surface area contributed by atoms with Gasteiger partial charge in [-0.05, 0) is 12.5 Å². The van der Waals surface area contributed by atoms with Crippen molar-refractivity contribution >= 4 is 11.6 Å². The number of nitrogens with two attached hydrogens (primary N) is 1. The average Bonchev–Trinajstić information content (AvgIpc) is 2.81. The Labute approximate surface area is 103 Å². The van der Waals surface area contributed by atoms with Gasteiger partial charge in [-0.3, -0.25) is 4.79 Å². The summed E-state index contributed by atoms with van der Waals surface area (Å²) in [6.07, 6.45) is 0.700. The van der Waals surface area contributed by atoms with Crippen LogP contribution in [0.2, 0.25) is 0 Å². The number of carbonyl (C=O) groups is 1. The summed E-state index contributed by atoms with van der Waals surface area (Å²) in [6, 6.07) is 1.63. The number of likely N-dealkylation sites (tertiary alicyclic amines) is 1. The van der Waals surface area contributed by atoms with Crippen LogP contribution in [-0.4, -0.2) is 35.6 Å². The minimum Gasteiger partial charge on any atom is -0.398 e. The third kappa shape index (κ3) is 2.28. The maximum Gasteiger partial charge on any atom is 0.256 e. The number of amides is 1. The highest BCUT2D eigenvalue weighted by molar-refractivity contribution is 5.99. The number of nitrogen functional groups attached to an aromatic ring is 1. The van der Waals surface area contributed by atoms with Crippen LogP contribution in [0.15, 0.2) is 12.1 Å². The molecule has 1 saturated heterocycles. The lowest BCUT2D eigenvalue weighted by Crippen LogP contribution is -2.30. The first kappa shape index (κ1) is 12.8. The van der Waals surface area contributed by atoms with E-state index in [4.69, 9.17) is 10.8 Å². The lowest BCUT2D eigenvalue weighted by Gasteiger charge is -2.17. The molecule has 0 saturated carbocycles. The van der Waals surface area contributed by atoms with Crippen molar-refractivity contribution in [3.8, 4) is 0 Å². The van der Waals surface area contributed by atoms with Crippen LogP contribution in [0, 0.1) is 17.6 Å². The lowest BCUT2D eigenvalue weighted by molar-refractivity contribution is 0.0782. The Morgan fingerprint density at radius 1 is 1.44 bits per heavy atom. The Kier molecular flexibility index (Phi) is 3.47. The van der Waals surface area contributed by atoms with E-state index in [0.29, 0.717) is 19.5 Å². The number of rotatable bonds is 2. The Balaban J connectivity index is 2.22. The zero-order chi connectivity index (χ0) is 13.3. The van der Waals surface area contributed by atoms with Gasteiger partial charge in [0, 0.05) is 37.4 Å². The first-order valence-electron chi connectivity index (χ1n) is 5.67. The Hall–Kier alpha value is -1.69. The number of nitrogens with zero attached hydrogens (tertiary/aromatic N) is 1. The van der Waals surface area contributed by atoms with Crippen LogP contribution in [0.4, 0.5) is 14.5 Å². The van der Waals surface area contributed by atoms with Gasteiger partial charge in [-0.15, -0.1) is 0 Å². The molecule has 3 N–H and O–H groups in total. The molecule has 0 aromatic heterocycles. The van der Waals surface area contributed by atoms with Crippen molar-refractivity contribution in [1.82, 2.24) is 4.90 Å². The van der Waals surface area contributed by atoms with Gasteiger partial charge in [-0.2, -0.15) is 0 Å². The number of aliphatic hydroxyl groups is 1. The van der Waals surface area contributed by atoms with Gasteiger partial charge in [0.05, 0.1) is 5.56 Å². The molecule has 4 nitrogen and oxygen atoms in total. The van der Waals surface area contributed by atoms with Crippen molar-refractivity contribution < 1.29 is 18.7 Å². The predicted octanol–water partition coefficient (Wildman–Crippen LogP) is 1.00. The molecule has 1 unspecified atom stereocenters. The van der Waals surface area contributed by atoms with Crippen LogP contribution in [0.25, 0.3) is 0 Å². The summed E-state index contributed by atoms with van der Waals surface area (Å²) in [4.78, 5) is 13.6. The quantitative estimate of drug-likeness (QED) is 0.776. The number of halogens is 2. The van der Waals surface area contributed by atoms with E-state index in [2.05, 4.69) is 0 Å². The van der Waals surface area contributed by atoms with Gasteiger partial charge in [0.25, 0.3) is 5.91 Å². The van der Waals surface area contributed by atoms with Crippen LogP contribution < -0.4 is 5.73 Å². The van der Waals surface area contributed by atoms with E-state index < -0.39 is 17.5 Å². The van der Waals surface area contributed by atoms with Gasteiger partial charge < -0.3 is 15.7 Å². The number of hydrogen-bond donors (Lipinski definition) is 2. The summed E-state index contributed by atoms with van der Waals surface area (Å²) in [5.41, 5.74) is 5.41. The number of hydrogen-bond acceptors (Lipinski definition) is 3. The van der Waals surface area contributed by atoms with Crippen LogP contribution in [0.5, 0.6) is 0 Å². The molecule has 1 aliphatic heterocycles. The van der Waals surface area contributed by atoms with Crippen molar-refractivity contribution in [3.63, 3.8) is 0 Å². The summed E-state index contributed by atoms with van der Waals surface area (Å²) < 4.78 is 26.0. The Bertz CT molecular complexity index is 479.